The van der Waals surface area contributed by atoms with Gasteiger partial charge < -0.3 is 5.11 Å². The average Bonchev–Trinajstić information content (AvgIpc) is 2.95. The molecule has 0 aromatic carbocycles. The number of thiophene rings is 1. The van der Waals surface area contributed by atoms with E-state index in [9.17, 15) is 23.3 Å². The summed E-state index contributed by atoms with van der Waals surface area (Å²) in [5, 5.41) is 19.4. The van der Waals surface area contributed by atoms with Crippen LogP contribution in [0.3, 0.4) is 0 Å². The zero-order chi connectivity index (χ0) is 15.8. The maximum Gasteiger partial charge on any atom is 0.303 e. The summed E-state index contributed by atoms with van der Waals surface area (Å²) >= 11 is 6.30. The quantitative estimate of drug-likeness (QED) is 0.636. The van der Waals surface area contributed by atoms with Crippen LogP contribution in [0.25, 0.3) is 0 Å². The van der Waals surface area contributed by atoms with Crippen molar-refractivity contribution in [2.45, 2.75) is 17.1 Å². The van der Waals surface area contributed by atoms with Gasteiger partial charge in [0.2, 0.25) is 0 Å². The van der Waals surface area contributed by atoms with Gasteiger partial charge in [0, 0.05) is 25.6 Å². The van der Waals surface area contributed by atoms with Crippen LogP contribution in [0, 0.1) is 16.0 Å². The molecule has 1 unspecified atom stereocenters. The van der Waals surface area contributed by atoms with Gasteiger partial charge in [-0.25, -0.2) is 8.42 Å². The Labute approximate surface area is 129 Å². The minimum atomic E-state index is -3.87. The molecule has 1 fully saturated rings. The maximum absolute atomic E-state index is 12.4. The standard InChI is InChI=1S/C10H11ClN2O6S2/c11-10-7(13(16)17)4-9(20-10)21(18,19)12-2-1-6(5-12)3-8(14)15/h4,6H,1-3,5H2,(H,14,15). The van der Waals surface area contributed by atoms with Crippen LogP contribution in [0.15, 0.2) is 10.3 Å². The molecule has 1 N–H and O–H groups in total. The number of carboxylic acid groups (broad SMARTS) is 1. The summed E-state index contributed by atoms with van der Waals surface area (Å²) in [6.07, 6.45) is 0.351. The number of halogens is 1. The van der Waals surface area contributed by atoms with Crippen molar-refractivity contribution in [3.05, 3.63) is 20.5 Å². The Bertz CT molecular complexity index is 686. The molecule has 8 nitrogen and oxygen atoms in total. The molecule has 0 aliphatic carbocycles. The molecule has 0 radical (unpaired) electrons. The number of sulfonamides is 1. The zero-order valence-corrected chi connectivity index (χ0v) is 12.9. The fourth-order valence-corrected chi connectivity index (χ4v) is 5.50. The molecule has 116 valence electrons. The third kappa shape index (κ3) is 3.34. The number of rotatable bonds is 5. The second-order valence-corrected chi connectivity index (χ2v) is 8.42. The van der Waals surface area contributed by atoms with Crippen LogP contribution >= 0.6 is 22.9 Å². The number of carbonyl (C=O) groups is 1. The van der Waals surface area contributed by atoms with Crippen LogP contribution in [0.2, 0.25) is 4.34 Å². The monoisotopic (exact) mass is 354 g/mol. The molecule has 11 heteroatoms. The Hall–Kier alpha value is -1.23. The van der Waals surface area contributed by atoms with E-state index in [1.165, 1.54) is 0 Å². The van der Waals surface area contributed by atoms with Gasteiger partial charge in [0.15, 0.2) is 4.34 Å². The Morgan fingerprint density at radius 2 is 2.29 bits per heavy atom. The first-order valence-corrected chi connectivity index (χ1v) is 8.51. The van der Waals surface area contributed by atoms with E-state index in [-0.39, 0.29) is 34.0 Å². The lowest BCUT2D eigenvalue weighted by Gasteiger charge is -2.14. The van der Waals surface area contributed by atoms with Gasteiger partial charge in [-0.05, 0) is 12.3 Å². The van der Waals surface area contributed by atoms with Crippen molar-refractivity contribution in [1.29, 1.82) is 0 Å². The molecule has 21 heavy (non-hydrogen) atoms. The molecule has 0 bridgehead atoms. The predicted molar refractivity (Wildman–Crippen MR) is 75.1 cm³/mol. The molecule has 1 atom stereocenters. The molecule has 2 rings (SSSR count). The molecule has 1 aliphatic rings. The Balaban J connectivity index is 2.21. The van der Waals surface area contributed by atoms with Crippen LogP contribution in [0.4, 0.5) is 5.69 Å². The molecule has 0 spiro atoms. The molecular weight excluding hydrogens is 344 g/mol. The van der Waals surface area contributed by atoms with Crippen molar-refractivity contribution < 1.29 is 23.2 Å². The maximum atomic E-state index is 12.4. The average molecular weight is 355 g/mol. The summed E-state index contributed by atoms with van der Waals surface area (Å²) < 4.78 is 25.5. The molecule has 2 heterocycles. The number of carboxylic acids is 1. The van der Waals surface area contributed by atoms with Gasteiger partial charge in [-0.2, -0.15) is 4.31 Å². The van der Waals surface area contributed by atoms with Crippen LogP contribution in [0.1, 0.15) is 12.8 Å². The molecule has 1 aromatic heterocycles. The fraction of sp³-hybridized carbons (Fsp3) is 0.500. The summed E-state index contributed by atoms with van der Waals surface area (Å²) in [4.78, 5) is 20.6. The van der Waals surface area contributed by atoms with E-state index in [1.54, 1.807) is 0 Å². The first kappa shape index (κ1) is 16.1. The first-order valence-electron chi connectivity index (χ1n) is 5.87. The van der Waals surface area contributed by atoms with E-state index in [0.717, 1.165) is 10.4 Å². The summed E-state index contributed by atoms with van der Waals surface area (Å²) in [7, 11) is -3.87. The molecule has 0 saturated carbocycles. The largest absolute Gasteiger partial charge is 0.481 e. The van der Waals surface area contributed by atoms with Crippen molar-refractivity contribution in [2.75, 3.05) is 13.1 Å². The normalized spacial score (nSPS) is 19.8. The van der Waals surface area contributed by atoms with Gasteiger partial charge in [0.25, 0.3) is 15.7 Å². The lowest BCUT2D eigenvalue weighted by atomic mass is 10.1. The van der Waals surface area contributed by atoms with Crippen LogP contribution in [0.5, 0.6) is 0 Å². The van der Waals surface area contributed by atoms with Crippen molar-refractivity contribution in [1.82, 2.24) is 4.31 Å². The number of nitro groups is 1. The summed E-state index contributed by atoms with van der Waals surface area (Å²) in [6, 6.07) is 0.937. The van der Waals surface area contributed by atoms with E-state index in [1.807, 2.05) is 0 Å². The molecular formula is C10H11ClN2O6S2. The highest BCUT2D eigenvalue weighted by Crippen LogP contribution is 2.38. The van der Waals surface area contributed by atoms with E-state index in [4.69, 9.17) is 16.7 Å². The van der Waals surface area contributed by atoms with Gasteiger partial charge >= 0.3 is 5.97 Å². The van der Waals surface area contributed by atoms with Crippen molar-refractivity contribution in [2.24, 2.45) is 5.92 Å². The topological polar surface area (TPSA) is 118 Å². The van der Waals surface area contributed by atoms with Crippen LogP contribution in [-0.2, 0) is 14.8 Å². The number of aliphatic carboxylic acids is 1. The van der Waals surface area contributed by atoms with Crippen molar-refractivity contribution in [3.8, 4) is 0 Å². The van der Waals surface area contributed by atoms with E-state index in [2.05, 4.69) is 0 Å². The molecule has 0 amide bonds. The second-order valence-electron chi connectivity index (χ2n) is 4.60. The SMILES string of the molecule is O=C(O)CC1CCN(S(=O)(=O)c2cc([N+](=O)[O-])c(Cl)s2)C1. The summed E-state index contributed by atoms with van der Waals surface area (Å²) in [6.45, 7) is 0.293. The van der Waals surface area contributed by atoms with E-state index < -0.39 is 26.6 Å². The van der Waals surface area contributed by atoms with Crippen LogP contribution < -0.4 is 0 Å². The van der Waals surface area contributed by atoms with Gasteiger partial charge in [0.1, 0.15) is 4.21 Å². The van der Waals surface area contributed by atoms with E-state index in [0.29, 0.717) is 17.8 Å². The summed E-state index contributed by atoms with van der Waals surface area (Å²) in [5.41, 5.74) is -0.443. The van der Waals surface area contributed by atoms with Crippen LogP contribution in [-0.4, -0.2) is 41.8 Å². The minimum Gasteiger partial charge on any atom is -0.481 e. The van der Waals surface area contributed by atoms with Gasteiger partial charge in [-0.3, -0.25) is 14.9 Å². The molecule has 1 aliphatic heterocycles. The predicted octanol–water partition coefficient (Wildman–Crippen LogP) is 1.80. The van der Waals surface area contributed by atoms with Gasteiger partial charge in [0.05, 0.1) is 4.92 Å². The highest BCUT2D eigenvalue weighted by Gasteiger charge is 2.36. The highest BCUT2D eigenvalue weighted by molar-refractivity contribution is 7.91. The van der Waals surface area contributed by atoms with Crippen molar-refractivity contribution in [3.63, 3.8) is 0 Å². The number of hydrogen-bond donors (Lipinski definition) is 1. The minimum absolute atomic E-state index is 0.0952. The third-order valence-corrected chi connectivity index (χ3v) is 6.80. The number of hydrogen-bond acceptors (Lipinski definition) is 6. The lowest BCUT2D eigenvalue weighted by Crippen LogP contribution is -2.28. The fourth-order valence-electron chi connectivity index (χ4n) is 2.15. The third-order valence-electron chi connectivity index (χ3n) is 3.15. The molecule has 1 aromatic rings. The van der Waals surface area contributed by atoms with Gasteiger partial charge in [-0.15, -0.1) is 11.3 Å². The first-order chi connectivity index (χ1) is 9.71. The lowest BCUT2D eigenvalue weighted by molar-refractivity contribution is -0.384. The van der Waals surface area contributed by atoms with E-state index >= 15 is 0 Å². The van der Waals surface area contributed by atoms with Gasteiger partial charge in [-0.1, -0.05) is 11.6 Å². The van der Waals surface area contributed by atoms with Crippen molar-refractivity contribution >= 4 is 44.6 Å². The molecule has 1 saturated heterocycles. The second kappa shape index (κ2) is 5.87. The number of nitrogens with zero attached hydrogens (tertiary/aromatic N) is 2. The zero-order valence-electron chi connectivity index (χ0n) is 10.6. The Kier molecular flexibility index (Phi) is 4.51. The Morgan fingerprint density at radius 3 is 2.81 bits per heavy atom. The smallest absolute Gasteiger partial charge is 0.303 e. The summed E-state index contributed by atoms with van der Waals surface area (Å²) in [5.74, 6) is -1.23. The highest BCUT2D eigenvalue weighted by atomic mass is 35.5. The Morgan fingerprint density at radius 1 is 1.62 bits per heavy atom.